The molecule has 2 saturated heterocycles. The second-order valence-electron chi connectivity index (χ2n) is 8.35. The third kappa shape index (κ3) is 4.73. The highest BCUT2D eigenvalue weighted by Crippen LogP contribution is 2.35. The van der Waals surface area contributed by atoms with Gasteiger partial charge in [-0.15, -0.1) is 0 Å². The Morgan fingerprint density at radius 1 is 1.14 bits per heavy atom. The van der Waals surface area contributed by atoms with Gasteiger partial charge in [0.15, 0.2) is 0 Å². The van der Waals surface area contributed by atoms with E-state index >= 15 is 0 Å². The topological polar surface area (TPSA) is 24.9 Å². The molecule has 0 amide bonds. The molecule has 0 unspecified atom stereocenters. The summed E-state index contributed by atoms with van der Waals surface area (Å²) in [7, 11) is -3.03. The Morgan fingerprint density at radius 2 is 1.76 bits per heavy atom. The highest BCUT2D eigenvalue weighted by molar-refractivity contribution is 6.83. The summed E-state index contributed by atoms with van der Waals surface area (Å²) in [5.74, 6) is 0. The predicted octanol–water partition coefficient (Wildman–Crippen LogP) is 2.39. The molecule has 0 N–H and O–H groups in total. The van der Waals surface area contributed by atoms with Gasteiger partial charge >= 0.3 is 8.56 Å². The summed E-state index contributed by atoms with van der Waals surface area (Å²) in [6, 6.07) is 4.16. The lowest BCUT2D eigenvalue weighted by molar-refractivity contribution is -0.0316. The summed E-state index contributed by atoms with van der Waals surface area (Å²) in [6.07, 6.45) is 0. The fourth-order valence-corrected chi connectivity index (χ4v) is 16.5. The van der Waals surface area contributed by atoms with E-state index in [1.54, 1.807) is 0 Å². The summed E-state index contributed by atoms with van der Waals surface area (Å²) < 4.78 is 15.3. The second kappa shape index (κ2) is 6.54. The van der Waals surface area contributed by atoms with E-state index in [-0.39, 0.29) is 9.68 Å². The lowest BCUT2D eigenvalue weighted by atomic mass is 9.97. The number of rotatable bonds is 5. The van der Waals surface area contributed by atoms with Gasteiger partial charge in [-0.2, -0.15) is 0 Å². The summed E-state index contributed by atoms with van der Waals surface area (Å²) in [5, 5.41) is 0. The molecule has 0 aromatic carbocycles. The molecule has 21 heavy (non-hydrogen) atoms. The van der Waals surface area contributed by atoms with Gasteiger partial charge < -0.3 is 13.1 Å². The first-order valence-corrected chi connectivity index (χ1v) is 15.7. The van der Waals surface area contributed by atoms with Crippen molar-refractivity contribution < 1.29 is 8.85 Å². The average Bonchev–Trinajstić information content (AvgIpc) is 2.68. The van der Waals surface area contributed by atoms with Crippen LogP contribution < -0.4 is 0 Å². The van der Waals surface area contributed by atoms with Gasteiger partial charge in [0.05, 0.1) is 23.1 Å². The van der Waals surface area contributed by atoms with Crippen molar-refractivity contribution in [2.75, 3.05) is 26.6 Å². The molecule has 2 heterocycles. The van der Waals surface area contributed by atoms with Crippen LogP contribution in [0, 0.1) is 5.41 Å². The molecule has 0 aliphatic carbocycles. The molecule has 0 saturated carbocycles. The molecule has 7 heteroatoms. The number of hydrogen-bond donors (Lipinski definition) is 0. The quantitative estimate of drug-likeness (QED) is 0.714. The lowest BCUT2D eigenvalue weighted by Gasteiger charge is -2.43. The molecule has 0 atom stereocenters. The van der Waals surface area contributed by atoms with E-state index in [4.69, 9.17) is 8.85 Å². The lowest BCUT2D eigenvalue weighted by Crippen LogP contribution is -2.55. The zero-order valence-electron chi connectivity index (χ0n) is 14.9. The van der Waals surface area contributed by atoms with Crippen molar-refractivity contribution in [3.05, 3.63) is 0 Å². The van der Waals surface area contributed by atoms with Gasteiger partial charge in [0.1, 0.15) is 8.24 Å². The minimum atomic E-state index is -1.99. The van der Waals surface area contributed by atoms with Crippen LogP contribution in [0.5, 0.6) is 0 Å². The Bertz CT molecular complexity index is 358. The van der Waals surface area contributed by atoms with Crippen LogP contribution in [-0.4, -0.2) is 62.2 Å². The number of hydrogen-bond acceptors (Lipinski definition) is 4. The van der Waals surface area contributed by atoms with E-state index in [9.17, 15) is 0 Å². The number of nitrogens with zero attached hydrogens (tertiary/aromatic N) is 2. The summed E-state index contributed by atoms with van der Waals surface area (Å²) >= 11 is 0. The van der Waals surface area contributed by atoms with Gasteiger partial charge in [-0.3, -0.25) is 4.90 Å². The molecule has 0 spiro atoms. The van der Waals surface area contributed by atoms with Crippen molar-refractivity contribution in [3.63, 3.8) is 0 Å². The van der Waals surface area contributed by atoms with E-state index in [0.29, 0.717) is 5.41 Å². The molecule has 2 aliphatic heterocycles. The Hall–Kier alpha value is 0.491. The van der Waals surface area contributed by atoms with Crippen LogP contribution in [0.15, 0.2) is 0 Å². The summed E-state index contributed by atoms with van der Waals surface area (Å²) in [6.45, 7) is 18.1. The van der Waals surface area contributed by atoms with Crippen LogP contribution in [0.2, 0.25) is 37.8 Å². The molecule has 0 bridgehead atoms. The molecule has 4 nitrogen and oxygen atoms in total. The second-order valence-corrected chi connectivity index (χ2v) is 18.9. The maximum atomic E-state index is 6.17. The molecule has 0 aromatic heterocycles. The SMILES string of the molecule is CCN1CO[Si](C)(CC(C)(C)CN2[SiH2]CC[Si]2(C)C)OC1. The minimum absolute atomic E-state index is 0.0247. The smallest absolute Gasteiger partial charge is 0.337 e. The van der Waals surface area contributed by atoms with Crippen LogP contribution in [-0.2, 0) is 8.85 Å². The molecule has 124 valence electrons. The van der Waals surface area contributed by atoms with Gasteiger partial charge in [-0.1, -0.05) is 39.9 Å². The third-order valence-electron chi connectivity index (χ3n) is 5.04. The largest absolute Gasteiger partial charge is 0.381 e. The fraction of sp³-hybridized carbons (Fsp3) is 1.00. The van der Waals surface area contributed by atoms with Crippen molar-refractivity contribution in [1.82, 2.24) is 9.13 Å². The van der Waals surface area contributed by atoms with Gasteiger partial charge in [0, 0.05) is 0 Å². The van der Waals surface area contributed by atoms with Gasteiger partial charge in [-0.25, -0.2) is 0 Å². The molecule has 2 aliphatic rings. The maximum Gasteiger partial charge on any atom is 0.337 e. The van der Waals surface area contributed by atoms with Gasteiger partial charge in [0.25, 0.3) is 0 Å². The molecular formula is C14H34N2O2Si3. The highest BCUT2D eigenvalue weighted by Gasteiger charge is 2.44. The van der Waals surface area contributed by atoms with E-state index < -0.39 is 16.8 Å². The highest BCUT2D eigenvalue weighted by atomic mass is 28.4. The first-order chi connectivity index (χ1) is 9.66. The fourth-order valence-electron chi connectivity index (χ4n) is 3.72. The monoisotopic (exact) mass is 346 g/mol. The van der Waals surface area contributed by atoms with E-state index in [1.165, 1.54) is 18.6 Å². The van der Waals surface area contributed by atoms with Crippen molar-refractivity contribution in [3.8, 4) is 0 Å². The van der Waals surface area contributed by atoms with Gasteiger partial charge in [0.2, 0.25) is 0 Å². The predicted molar refractivity (Wildman–Crippen MR) is 96.8 cm³/mol. The van der Waals surface area contributed by atoms with Crippen LogP contribution in [0.1, 0.15) is 20.8 Å². The molecular weight excluding hydrogens is 312 g/mol. The molecule has 2 rings (SSSR count). The molecule has 2 fully saturated rings. The van der Waals surface area contributed by atoms with Crippen molar-refractivity contribution in [2.24, 2.45) is 5.41 Å². The van der Waals surface area contributed by atoms with Crippen LogP contribution >= 0.6 is 0 Å². The van der Waals surface area contributed by atoms with Crippen molar-refractivity contribution in [1.29, 1.82) is 0 Å². The zero-order valence-corrected chi connectivity index (χ0v) is 18.3. The molecule has 0 aromatic rings. The average molecular weight is 347 g/mol. The Morgan fingerprint density at radius 3 is 2.24 bits per heavy atom. The van der Waals surface area contributed by atoms with Crippen LogP contribution in [0.4, 0.5) is 0 Å². The first-order valence-electron chi connectivity index (χ1n) is 8.41. The minimum Gasteiger partial charge on any atom is -0.381 e. The van der Waals surface area contributed by atoms with Crippen molar-refractivity contribution in [2.45, 2.75) is 58.5 Å². The standard InChI is InChI=1S/C14H34N2O2Si3/c1-7-15-12-17-21(6,18-13-15)11-14(2,3)10-16-19-8-9-20(16,4)5/h7-13,19H2,1-6H3. The first kappa shape index (κ1) is 17.8. The van der Waals surface area contributed by atoms with Gasteiger partial charge in [-0.05, 0) is 37.1 Å². The Balaban J connectivity index is 1.91. The van der Waals surface area contributed by atoms with Crippen LogP contribution in [0.25, 0.3) is 0 Å². The molecule has 0 radical (unpaired) electrons. The van der Waals surface area contributed by atoms with Crippen molar-refractivity contribution >= 4 is 26.5 Å². The summed E-state index contributed by atoms with van der Waals surface area (Å²) in [5.41, 5.74) is 0.316. The Labute approximate surface area is 135 Å². The Kier molecular flexibility index (Phi) is 5.56. The van der Waals surface area contributed by atoms with E-state index in [1.807, 2.05) is 0 Å². The zero-order chi connectivity index (χ0) is 15.7. The third-order valence-corrected chi connectivity index (χ3v) is 16.9. The normalized spacial score (nSPS) is 28.3. The maximum absolute atomic E-state index is 6.17. The summed E-state index contributed by atoms with van der Waals surface area (Å²) in [4.78, 5) is 2.21. The van der Waals surface area contributed by atoms with Crippen LogP contribution in [0.3, 0.4) is 0 Å². The van der Waals surface area contributed by atoms with E-state index in [2.05, 4.69) is 49.5 Å². The van der Waals surface area contributed by atoms with E-state index in [0.717, 1.165) is 26.1 Å².